The largest absolute Gasteiger partial charge is 0.445 e. The van der Waals surface area contributed by atoms with E-state index in [1.54, 1.807) is 6.20 Å². The first-order valence-corrected chi connectivity index (χ1v) is 12.0. The minimum Gasteiger partial charge on any atom is -0.445 e. The lowest BCUT2D eigenvalue weighted by atomic mass is 9.80. The first kappa shape index (κ1) is 23.1. The lowest BCUT2D eigenvalue weighted by Gasteiger charge is -2.39. The second-order valence-corrected chi connectivity index (χ2v) is 9.60. The third-order valence-corrected chi connectivity index (χ3v) is 6.88. The summed E-state index contributed by atoms with van der Waals surface area (Å²) in [7, 11) is 0. The van der Waals surface area contributed by atoms with E-state index in [0.717, 1.165) is 42.9 Å². The molecular formula is C26H27ClN6O2. The molecular weight excluding hydrogens is 464 g/mol. The summed E-state index contributed by atoms with van der Waals surface area (Å²) < 4.78 is 5.34. The molecule has 0 unspecified atom stereocenters. The van der Waals surface area contributed by atoms with Crippen LogP contribution < -0.4 is 10.2 Å². The maximum absolute atomic E-state index is 12.2. The van der Waals surface area contributed by atoms with Crippen LogP contribution in [0.3, 0.4) is 0 Å². The fourth-order valence-electron chi connectivity index (χ4n) is 4.30. The van der Waals surface area contributed by atoms with Crippen LogP contribution in [0.4, 0.5) is 10.6 Å². The van der Waals surface area contributed by atoms with E-state index >= 15 is 0 Å². The Morgan fingerprint density at radius 3 is 2.66 bits per heavy atom. The normalized spacial score (nSPS) is 15.2. The van der Waals surface area contributed by atoms with Crippen LogP contribution in [0.2, 0.25) is 5.02 Å². The minimum absolute atomic E-state index is 0.00892. The van der Waals surface area contributed by atoms with E-state index in [1.165, 1.54) is 0 Å². The van der Waals surface area contributed by atoms with Crippen LogP contribution >= 0.6 is 11.6 Å². The molecule has 4 aromatic rings. The van der Waals surface area contributed by atoms with Crippen molar-refractivity contribution in [2.45, 2.75) is 26.4 Å². The predicted molar refractivity (Wildman–Crippen MR) is 136 cm³/mol. The molecule has 1 saturated heterocycles. The lowest BCUT2D eigenvalue weighted by Crippen LogP contribution is -2.45. The number of amides is 1. The van der Waals surface area contributed by atoms with Gasteiger partial charge in [0, 0.05) is 25.2 Å². The van der Waals surface area contributed by atoms with Crippen molar-refractivity contribution in [3.8, 4) is 11.3 Å². The van der Waals surface area contributed by atoms with Crippen LogP contribution in [0.5, 0.6) is 0 Å². The van der Waals surface area contributed by atoms with E-state index in [9.17, 15) is 4.79 Å². The number of hydrogen-bond acceptors (Lipinski definition) is 6. The number of aromatic amines is 1. The summed E-state index contributed by atoms with van der Waals surface area (Å²) in [5, 5.41) is 11.0. The number of alkyl carbamates (subject to hydrolysis) is 1. The van der Waals surface area contributed by atoms with Gasteiger partial charge in [-0.2, -0.15) is 5.10 Å². The highest BCUT2D eigenvalue weighted by molar-refractivity contribution is 6.33. The van der Waals surface area contributed by atoms with Gasteiger partial charge < -0.3 is 15.0 Å². The Balaban J connectivity index is 1.17. The van der Waals surface area contributed by atoms with E-state index in [0.29, 0.717) is 28.4 Å². The Bertz CT molecular complexity index is 1320. The second-order valence-electron chi connectivity index (χ2n) is 9.19. The topological polar surface area (TPSA) is 96.0 Å². The van der Waals surface area contributed by atoms with E-state index in [-0.39, 0.29) is 18.1 Å². The summed E-state index contributed by atoms with van der Waals surface area (Å²) in [4.78, 5) is 23.8. The summed E-state index contributed by atoms with van der Waals surface area (Å²) in [6.45, 7) is 4.68. The van der Waals surface area contributed by atoms with Gasteiger partial charge in [-0.1, -0.05) is 67.1 Å². The van der Waals surface area contributed by atoms with Crippen molar-refractivity contribution in [1.29, 1.82) is 0 Å². The van der Waals surface area contributed by atoms with Gasteiger partial charge in [0.1, 0.15) is 23.6 Å². The number of benzene rings is 2. The van der Waals surface area contributed by atoms with E-state index in [2.05, 4.69) is 32.3 Å². The van der Waals surface area contributed by atoms with Crippen molar-refractivity contribution in [2.75, 3.05) is 24.5 Å². The zero-order valence-electron chi connectivity index (χ0n) is 19.5. The minimum atomic E-state index is -0.387. The fourth-order valence-corrected chi connectivity index (χ4v) is 4.52. The SMILES string of the molecule is CC1(CNC(=O)OCc2ccccc2)CCN(c2cnc3c(-c4ccccc4Cl)n[nH]c3n2)CC1. The van der Waals surface area contributed by atoms with Crippen LogP contribution in [-0.2, 0) is 11.3 Å². The molecule has 0 atom stereocenters. The van der Waals surface area contributed by atoms with Gasteiger partial charge in [-0.25, -0.2) is 14.8 Å². The summed E-state index contributed by atoms with van der Waals surface area (Å²) in [6.07, 6.45) is 3.24. The molecule has 0 aliphatic carbocycles. The van der Waals surface area contributed by atoms with Crippen molar-refractivity contribution in [3.05, 3.63) is 71.4 Å². The number of carbonyl (C=O) groups is 1. The van der Waals surface area contributed by atoms with Gasteiger partial charge >= 0.3 is 6.09 Å². The molecule has 0 bridgehead atoms. The zero-order chi connectivity index (χ0) is 24.3. The molecule has 8 nitrogen and oxygen atoms in total. The van der Waals surface area contributed by atoms with Crippen LogP contribution in [-0.4, -0.2) is 45.9 Å². The summed E-state index contributed by atoms with van der Waals surface area (Å²) in [5.74, 6) is 0.809. The quantitative estimate of drug-likeness (QED) is 0.385. The van der Waals surface area contributed by atoms with Crippen LogP contribution in [0.25, 0.3) is 22.4 Å². The Labute approximate surface area is 208 Å². The predicted octanol–water partition coefficient (Wildman–Crippen LogP) is 5.21. The summed E-state index contributed by atoms with van der Waals surface area (Å²) in [6, 6.07) is 17.2. The van der Waals surface area contributed by atoms with E-state index in [1.807, 2.05) is 54.6 Å². The highest BCUT2D eigenvalue weighted by Gasteiger charge is 2.31. The number of nitrogens with one attached hydrogen (secondary N) is 2. The third kappa shape index (κ3) is 5.22. The second kappa shape index (κ2) is 9.92. The maximum Gasteiger partial charge on any atom is 0.407 e. The van der Waals surface area contributed by atoms with Crippen molar-refractivity contribution in [1.82, 2.24) is 25.5 Å². The molecule has 1 aliphatic rings. The molecule has 2 N–H and O–H groups in total. The average molecular weight is 491 g/mol. The first-order valence-electron chi connectivity index (χ1n) is 11.7. The highest BCUT2D eigenvalue weighted by atomic mass is 35.5. The van der Waals surface area contributed by atoms with Crippen molar-refractivity contribution in [3.63, 3.8) is 0 Å². The summed E-state index contributed by atoms with van der Waals surface area (Å²) >= 11 is 6.34. The number of nitrogens with zero attached hydrogens (tertiary/aromatic N) is 4. The number of carbonyl (C=O) groups excluding carboxylic acids is 1. The summed E-state index contributed by atoms with van der Waals surface area (Å²) in [5.41, 5.74) is 3.81. The molecule has 3 heterocycles. The molecule has 0 saturated carbocycles. The molecule has 0 spiro atoms. The smallest absolute Gasteiger partial charge is 0.407 e. The third-order valence-electron chi connectivity index (χ3n) is 6.55. The number of rotatable bonds is 6. The molecule has 2 aromatic carbocycles. The molecule has 0 radical (unpaired) electrons. The van der Waals surface area contributed by atoms with Gasteiger partial charge in [0.05, 0.1) is 11.2 Å². The Morgan fingerprint density at radius 2 is 1.89 bits per heavy atom. The van der Waals surface area contributed by atoms with Gasteiger partial charge in [0.25, 0.3) is 0 Å². The van der Waals surface area contributed by atoms with Crippen LogP contribution in [0.1, 0.15) is 25.3 Å². The number of ether oxygens (including phenoxy) is 1. The fraction of sp³-hybridized carbons (Fsp3) is 0.308. The molecule has 35 heavy (non-hydrogen) atoms. The Morgan fingerprint density at radius 1 is 1.14 bits per heavy atom. The van der Waals surface area contributed by atoms with Crippen LogP contribution in [0.15, 0.2) is 60.8 Å². The van der Waals surface area contributed by atoms with Gasteiger partial charge in [0.2, 0.25) is 0 Å². The number of aromatic nitrogens is 4. The molecule has 5 rings (SSSR count). The van der Waals surface area contributed by atoms with Crippen molar-refractivity contribution < 1.29 is 9.53 Å². The maximum atomic E-state index is 12.2. The molecule has 2 aromatic heterocycles. The van der Waals surface area contributed by atoms with Gasteiger partial charge in [-0.05, 0) is 29.9 Å². The Kier molecular flexibility index (Phi) is 6.55. The first-order chi connectivity index (χ1) is 17.0. The number of anilines is 1. The molecule has 1 fully saturated rings. The van der Waals surface area contributed by atoms with Crippen molar-refractivity contribution >= 4 is 34.7 Å². The molecule has 1 amide bonds. The molecule has 1 aliphatic heterocycles. The van der Waals surface area contributed by atoms with Gasteiger partial charge in [0.15, 0.2) is 5.65 Å². The lowest BCUT2D eigenvalue weighted by molar-refractivity contribution is 0.131. The highest BCUT2D eigenvalue weighted by Crippen LogP contribution is 2.33. The number of H-pyrrole nitrogens is 1. The zero-order valence-corrected chi connectivity index (χ0v) is 20.3. The standard InChI is InChI=1S/C26H27ClN6O2/c1-26(17-29-25(34)35-16-18-7-3-2-4-8-18)11-13-33(14-12-26)21-15-28-23-22(31-32-24(23)30-21)19-9-5-6-10-20(19)27/h2-10,15H,11-14,16-17H2,1H3,(H,29,34)(H,30,31,32). The number of piperidine rings is 1. The number of fused-ring (bicyclic) bond motifs is 1. The van der Waals surface area contributed by atoms with Gasteiger partial charge in [-0.15, -0.1) is 0 Å². The Hall–Kier alpha value is -3.65. The van der Waals surface area contributed by atoms with Crippen LogP contribution in [0, 0.1) is 5.41 Å². The van der Waals surface area contributed by atoms with E-state index < -0.39 is 0 Å². The average Bonchev–Trinajstić information content (AvgIpc) is 3.31. The monoisotopic (exact) mass is 490 g/mol. The molecule has 9 heteroatoms. The van der Waals surface area contributed by atoms with Gasteiger partial charge in [-0.3, -0.25) is 5.10 Å². The number of halogens is 1. The number of hydrogen-bond donors (Lipinski definition) is 2. The molecule has 180 valence electrons. The van der Waals surface area contributed by atoms with Crippen molar-refractivity contribution in [2.24, 2.45) is 5.41 Å². The van der Waals surface area contributed by atoms with E-state index in [4.69, 9.17) is 21.3 Å².